The van der Waals surface area contributed by atoms with Crippen LogP contribution in [0.1, 0.15) is 5.56 Å². The highest BCUT2D eigenvalue weighted by molar-refractivity contribution is 7.98. The molecule has 1 amide bonds. The van der Waals surface area contributed by atoms with Crippen LogP contribution in [0.15, 0.2) is 46.7 Å². The maximum absolute atomic E-state index is 12.4. The highest BCUT2D eigenvalue weighted by Crippen LogP contribution is 2.14. The van der Waals surface area contributed by atoms with Gasteiger partial charge in [-0.05, 0) is 17.9 Å². The number of fused-ring (bicyclic) bond motifs is 1. The van der Waals surface area contributed by atoms with Crippen molar-refractivity contribution in [3.05, 3.63) is 57.7 Å². The predicted octanol–water partition coefficient (Wildman–Crippen LogP) is 1.88. The lowest BCUT2D eigenvalue weighted by atomic mass is 10.2. The first-order chi connectivity index (χ1) is 12.1. The van der Waals surface area contributed by atoms with Crippen LogP contribution in [0.5, 0.6) is 0 Å². The molecule has 9 heteroatoms. The maximum Gasteiger partial charge on any atom is 0.264 e. The number of rotatable bonds is 5. The minimum atomic E-state index is -0.356. The van der Waals surface area contributed by atoms with E-state index in [1.807, 2.05) is 24.5 Å². The van der Waals surface area contributed by atoms with Gasteiger partial charge in [0, 0.05) is 17.8 Å². The Balaban J connectivity index is 1.74. The zero-order chi connectivity index (χ0) is 17.8. The Bertz CT molecular complexity index is 992. The lowest BCUT2D eigenvalue weighted by molar-refractivity contribution is -0.121. The molecule has 0 aliphatic rings. The lowest BCUT2D eigenvalue weighted by Gasteiger charge is -2.09. The summed E-state index contributed by atoms with van der Waals surface area (Å²) in [4.78, 5) is 36.9. The van der Waals surface area contributed by atoms with E-state index in [2.05, 4.69) is 20.3 Å². The topological polar surface area (TPSA) is 89.8 Å². The van der Waals surface area contributed by atoms with Gasteiger partial charge in [-0.2, -0.15) is 0 Å². The fourth-order valence-electron chi connectivity index (χ4n) is 2.20. The molecule has 2 aromatic heterocycles. The molecule has 25 heavy (non-hydrogen) atoms. The summed E-state index contributed by atoms with van der Waals surface area (Å²) in [5.41, 5.74) is 0.766. The van der Waals surface area contributed by atoms with Crippen molar-refractivity contribution in [1.82, 2.24) is 24.8 Å². The normalized spacial score (nSPS) is 10.8. The minimum absolute atomic E-state index is 0.142. The number of benzene rings is 1. The van der Waals surface area contributed by atoms with Gasteiger partial charge in [-0.3, -0.25) is 14.2 Å². The smallest absolute Gasteiger partial charge is 0.264 e. The van der Waals surface area contributed by atoms with Gasteiger partial charge in [0.1, 0.15) is 18.3 Å². The molecule has 128 valence electrons. The van der Waals surface area contributed by atoms with Crippen LogP contribution in [0.4, 0.5) is 0 Å². The Morgan fingerprint density at radius 2 is 2.12 bits per heavy atom. The quantitative estimate of drug-likeness (QED) is 0.541. The number of hydrogen-bond acceptors (Lipinski definition) is 6. The van der Waals surface area contributed by atoms with Crippen molar-refractivity contribution in [1.29, 1.82) is 0 Å². The van der Waals surface area contributed by atoms with Crippen molar-refractivity contribution in [2.45, 2.75) is 18.2 Å². The first-order valence-corrected chi connectivity index (χ1v) is 8.95. The fourth-order valence-corrected chi connectivity index (χ4v) is 2.73. The highest BCUT2D eigenvalue weighted by Gasteiger charge is 2.10. The van der Waals surface area contributed by atoms with E-state index in [1.165, 1.54) is 28.9 Å². The SMILES string of the molecule is CSc1ncc2c(=O)n(CC(=O)NCc3ccccc3Cl)cnc2n1. The van der Waals surface area contributed by atoms with E-state index in [0.717, 1.165) is 5.56 Å². The molecule has 0 unspecified atom stereocenters. The molecule has 0 fully saturated rings. The van der Waals surface area contributed by atoms with Crippen molar-refractivity contribution in [2.75, 3.05) is 6.26 Å². The second-order valence-electron chi connectivity index (χ2n) is 5.14. The van der Waals surface area contributed by atoms with E-state index in [0.29, 0.717) is 15.8 Å². The second kappa shape index (κ2) is 7.62. The number of thioether (sulfide) groups is 1. The number of hydrogen-bond donors (Lipinski definition) is 1. The van der Waals surface area contributed by atoms with E-state index in [1.54, 1.807) is 6.07 Å². The Labute approximate surface area is 152 Å². The van der Waals surface area contributed by atoms with E-state index >= 15 is 0 Å². The van der Waals surface area contributed by atoms with Gasteiger partial charge in [-0.25, -0.2) is 15.0 Å². The number of amides is 1. The zero-order valence-corrected chi connectivity index (χ0v) is 14.8. The molecule has 0 saturated carbocycles. The Hall–Kier alpha value is -2.45. The summed E-state index contributed by atoms with van der Waals surface area (Å²) in [6.45, 7) is 0.144. The van der Waals surface area contributed by atoms with Gasteiger partial charge in [0.05, 0.1) is 0 Å². The number of carbonyl (C=O) groups excluding carboxylic acids is 1. The van der Waals surface area contributed by atoms with Gasteiger partial charge < -0.3 is 5.32 Å². The first kappa shape index (κ1) is 17.4. The molecule has 0 aliphatic heterocycles. The molecule has 0 bridgehead atoms. The molecule has 2 heterocycles. The molecule has 0 spiro atoms. The molecule has 0 aliphatic carbocycles. The Kier molecular flexibility index (Phi) is 5.30. The van der Waals surface area contributed by atoms with Crippen LogP contribution in [-0.4, -0.2) is 31.7 Å². The molecular weight excluding hydrogens is 362 g/mol. The third-order valence-corrected chi connectivity index (χ3v) is 4.42. The van der Waals surface area contributed by atoms with Crippen LogP contribution in [-0.2, 0) is 17.9 Å². The minimum Gasteiger partial charge on any atom is -0.350 e. The predicted molar refractivity (Wildman–Crippen MR) is 96.7 cm³/mol. The summed E-state index contributed by atoms with van der Waals surface area (Å²) >= 11 is 7.42. The third kappa shape index (κ3) is 3.97. The van der Waals surface area contributed by atoms with Crippen LogP contribution in [0.3, 0.4) is 0 Å². The van der Waals surface area contributed by atoms with Crippen molar-refractivity contribution < 1.29 is 4.79 Å². The summed E-state index contributed by atoms with van der Waals surface area (Å²) in [7, 11) is 0. The van der Waals surface area contributed by atoms with Crippen molar-refractivity contribution in [2.24, 2.45) is 0 Å². The molecular formula is C16H14ClN5O2S. The highest BCUT2D eigenvalue weighted by atomic mass is 35.5. The van der Waals surface area contributed by atoms with E-state index in [-0.39, 0.29) is 29.9 Å². The molecule has 7 nitrogen and oxygen atoms in total. The van der Waals surface area contributed by atoms with Crippen LogP contribution in [0, 0.1) is 0 Å². The van der Waals surface area contributed by atoms with E-state index in [4.69, 9.17) is 11.6 Å². The van der Waals surface area contributed by atoms with Gasteiger partial charge in [0.25, 0.3) is 5.56 Å². The van der Waals surface area contributed by atoms with Crippen LogP contribution >= 0.6 is 23.4 Å². The molecule has 0 atom stereocenters. The van der Waals surface area contributed by atoms with Crippen molar-refractivity contribution in [3.8, 4) is 0 Å². The molecule has 0 saturated heterocycles. The van der Waals surface area contributed by atoms with Crippen molar-refractivity contribution >= 4 is 40.3 Å². The van der Waals surface area contributed by atoms with Gasteiger partial charge >= 0.3 is 0 Å². The molecule has 1 aromatic carbocycles. The molecule has 3 rings (SSSR count). The number of halogens is 1. The van der Waals surface area contributed by atoms with E-state index in [9.17, 15) is 9.59 Å². The van der Waals surface area contributed by atoms with Crippen LogP contribution in [0.25, 0.3) is 11.0 Å². The average Bonchev–Trinajstić information content (AvgIpc) is 2.63. The summed E-state index contributed by atoms with van der Waals surface area (Å²) in [6.07, 6.45) is 4.59. The largest absolute Gasteiger partial charge is 0.350 e. The van der Waals surface area contributed by atoms with E-state index < -0.39 is 0 Å². The van der Waals surface area contributed by atoms with Gasteiger partial charge in [-0.1, -0.05) is 41.6 Å². The van der Waals surface area contributed by atoms with Gasteiger partial charge in [0.15, 0.2) is 10.8 Å². The summed E-state index contributed by atoms with van der Waals surface area (Å²) in [5, 5.41) is 4.13. The summed E-state index contributed by atoms with van der Waals surface area (Å²) in [5.74, 6) is -0.315. The number of nitrogens with one attached hydrogen (secondary N) is 1. The second-order valence-corrected chi connectivity index (χ2v) is 6.32. The Morgan fingerprint density at radius 1 is 1.32 bits per heavy atom. The first-order valence-electron chi connectivity index (χ1n) is 7.35. The summed E-state index contributed by atoms with van der Waals surface area (Å²) in [6, 6.07) is 7.24. The maximum atomic E-state index is 12.4. The molecule has 3 aromatic rings. The van der Waals surface area contributed by atoms with Crippen molar-refractivity contribution in [3.63, 3.8) is 0 Å². The number of aromatic nitrogens is 4. The summed E-state index contributed by atoms with van der Waals surface area (Å²) < 4.78 is 1.23. The van der Waals surface area contributed by atoms with Gasteiger partial charge in [-0.15, -0.1) is 0 Å². The number of nitrogens with zero attached hydrogens (tertiary/aromatic N) is 4. The zero-order valence-electron chi connectivity index (χ0n) is 13.3. The Morgan fingerprint density at radius 3 is 2.88 bits per heavy atom. The molecule has 0 radical (unpaired) electrons. The third-order valence-electron chi connectivity index (χ3n) is 3.49. The standard InChI is InChI=1S/C16H14ClN5O2S/c1-25-16-19-7-11-14(21-16)20-9-22(15(11)24)8-13(23)18-6-10-4-2-3-5-12(10)17/h2-5,7,9H,6,8H2,1H3,(H,18,23). The molecule has 1 N–H and O–H groups in total. The van der Waals surface area contributed by atoms with Crippen LogP contribution in [0.2, 0.25) is 5.02 Å². The fraction of sp³-hybridized carbons (Fsp3) is 0.188. The monoisotopic (exact) mass is 375 g/mol. The average molecular weight is 376 g/mol. The lowest BCUT2D eigenvalue weighted by Crippen LogP contribution is -2.32. The van der Waals surface area contributed by atoms with Gasteiger partial charge in [0.2, 0.25) is 5.91 Å². The van der Waals surface area contributed by atoms with Crippen LogP contribution < -0.4 is 10.9 Å². The number of carbonyl (C=O) groups is 1.